The van der Waals surface area contributed by atoms with Gasteiger partial charge in [0.25, 0.3) is 0 Å². The van der Waals surface area contributed by atoms with E-state index in [0.717, 1.165) is 19.3 Å². The number of hydrogen-bond acceptors (Lipinski definition) is 2. The molecule has 4 rings (SSSR count). The summed E-state index contributed by atoms with van der Waals surface area (Å²) in [4.78, 5) is 14.2. The third-order valence-electron chi connectivity index (χ3n) is 5.76. The Kier molecular flexibility index (Phi) is 3.19. The lowest BCUT2D eigenvalue weighted by atomic mass is 9.76. The van der Waals surface area contributed by atoms with E-state index in [2.05, 4.69) is 42.3 Å². The number of carboxylic acid groups (broad SMARTS) is 1. The van der Waals surface area contributed by atoms with Gasteiger partial charge in [0.2, 0.25) is 0 Å². The van der Waals surface area contributed by atoms with Crippen molar-refractivity contribution in [3.63, 3.8) is 0 Å². The summed E-state index contributed by atoms with van der Waals surface area (Å²) in [5.41, 5.74) is 1.19. The molecular weight excluding hydrogens is 274 g/mol. The van der Waals surface area contributed by atoms with Gasteiger partial charge in [-0.3, -0.25) is 9.69 Å². The second kappa shape index (κ2) is 5.10. The number of carbonyl (C=O) groups is 1. The summed E-state index contributed by atoms with van der Waals surface area (Å²) < 4.78 is 0. The van der Waals surface area contributed by atoms with Crippen molar-refractivity contribution >= 4 is 16.7 Å². The Hall–Kier alpha value is -1.87. The Morgan fingerprint density at radius 3 is 2.68 bits per heavy atom. The molecule has 0 unspecified atom stereocenters. The van der Waals surface area contributed by atoms with Crippen LogP contribution in [0.1, 0.15) is 30.7 Å². The van der Waals surface area contributed by atoms with Gasteiger partial charge in [-0.2, -0.15) is 0 Å². The van der Waals surface area contributed by atoms with Gasteiger partial charge in [-0.25, -0.2) is 0 Å². The molecule has 3 nitrogen and oxygen atoms in total. The van der Waals surface area contributed by atoms with Crippen LogP contribution >= 0.6 is 0 Å². The maximum atomic E-state index is 11.9. The molecule has 2 aromatic rings. The lowest BCUT2D eigenvalue weighted by molar-refractivity contribution is -0.146. The van der Waals surface area contributed by atoms with E-state index in [0.29, 0.717) is 6.04 Å². The molecule has 0 aromatic heterocycles. The van der Waals surface area contributed by atoms with Gasteiger partial charge in [0, 0.05) is 18.0 Å². The van der Waals surface area contributed by atoms with Crippen LogP contribution in [0.4, 0.5) is 0 Å². The molecule has 1 N–H and O–H groups in total. The highest BCUT2D eigenvalue weighted by Gasteiger charge is 2.49. The largest absolute Gasteiger partial charge is 0.481 e. The molecule has 0 aliphatic carbocycles. The number of fused-ring (bicyclic) bond motifs is 3. The second-order valence-electron chi connectivity index (χ2n) is 6.78. The van der Waals surface area contributed by atoms with E-state index in [4.69, 9.17) is 0 Å². The van der Waals surface area contributed by atoms with Crippen molar-refractivity contribution in [3.8, 4) is 0 Å². The lowest BCUT2D eigenvalue weighted by Crippen LogP contribution is -2.48. The molecule has 2 bridgehead atoms. The minimum Gasteiger partial charge on any atom is -0.481 e. The molecule has 3 heteroatoms. The summed E-state index contributed by atoms with van der Waals surface area (Å²) >= 11 is 0. The summed E-state index contributed by atoms with van der Waals surface area (Å²) in [6, 6.07) is 15.5. The zero-order valence-electron chi connectivity index (χ0n) is 12.8. The van der Waals surface area contributed by atoms with Gasteiger partial charge in [0.05, 0.1) is 5.92 Å². The van der Waals surface area contributed by atoms with Gasteiger partial charge < -0.3 is 5.11 Å². The van der Waals surface area contributed by atoms with E-state index in [1.165, 1.54) is 16.3 Å². The Bertz CT molecular complexity index is 726. The van der Waals surface area contributed by atoms with Crippen LogP contribution in [0.25, 0.3) is 10.8 Å². The summed E-state index contributed by atoms with van der Waals surface area (Å²) in [7, 11) is 2.09. The first-order valence-electron chi connectivity index (χ1n) is 8.08. The normalized spacial score (nSPS) is 31.5. The number of hydrogen-bond donors (Lipinski definition) is 1. The van der Waals surface area contributed by atoms with Crippen molar-refractivity contribution in [2.75, 3.05) is 7.05 Å². The number of carboxylic acids is 1. The van der Waals surface area contributed by atoms with E-state index in [1.807, 2.05) is 12.1 Å². The number of nitrogens with zero attached hydrogens (tertiary/aromatic N) is 1. The molecule has 0 radical (unpaired) electrons. The van der Waals surface area contributed by atoms with Crippen LogP contribution in [-0.2, 0) is 4.79 Å². The van der Waals surface area contributed by atoms with Crippen LogP contribution in [0.5, 0.6) is 0 Å². The van der Waals surface area contributed by atoms with E-state index in [9.17, 15) is 9.90 Å². The van der Waals surface area contributed by atoms with Crippen LogP contribution < -0.4 is 0 Å². The minimum atomic E-state index is -0.643. The SMILES string of the molecule is CN1[C@H]2CC[C@@H]1[C@H](C(=O)O)[C@@H](c1ccc3ccccc3c1)C2. The quantitative estimate of drug-likeness (QED) is 0.922. The zero-order valence-corrected chi connectivity index (χ0v) is 12.8. The third kappa shape index (κ3) is 2.03. The van der Waals surface area contributed by atoms with Gasteiger partial charge in [-0.05, 0) is 42.6 Å². The highest BCUT2D eigenvalue weighted by Crippen LogP contribution is 2.46. The van der Waals surface area contributed by atoms with E-state index in [1.54, 1.807) is 0 Å². The van der Waals surface area contributed by atoms with Gasteiger partial charge in [-0.1, -0.05) is 42.5 Å². The Balaban J connectivity index is 1.77. The van der Waals surface area contributed by atoms with Gasteiger partial charge in [-0.15, -0.1) is 0 Å². The van der Waals surface area contributed by atoms with Crippen LogP contribution in [-0.4, -0.2) is 35.1 Å². The van der Waals surface area contributed by atoms with Crippen molar-refractivity contribution < 1.29 is 9.90 Å². The highest BCUT2D eigenvalue weighted by atomic mass is 16.4. The Labute approximate surface area is 130 Å². The number of aliphatic carboxylic acids is 1. The molecule has 22 heavy (non-hydrogen) atoms. The van der Waals surface area contributed by atoms with E-state index >= 15 is 0 Å². The van der Waals surface area contributed by atoms with Gasteiger partial charge >= 0.3 is 5.97 Å². The first-order chi connectivity index (χ1) is 10.6. The van der Waals surface area contributed by atoms with Crippen molar-refractivity contribution in [1.29, 1.82) is 0 Å². The molecule has 4 atom stereocenters. The maximum absolute atomic E-state index is 11.9. The molecule has 2 aliphatic rings. The van der Waals surface area contributed by atoms with E-state index in [-0.39, 0.29) is 17.9 Å². The molecule has 2 heterocycles. The van der Waals surface area contributed by atoms with Crippen LogP contribution in [0.2, 0.25) is 0 Å². The van der Waals surface area contributed by atoms with Crippen molar-refractivity contribution in [2.45, 2.75) is 37.3 Å². The summed E-state index contributed by atoms with van der Waals surface area (Å²) in [5.74, 6) is -0.795. The smallest absolute Gasteiger partial charge is 0.308 e. The molecule has 114 valence electrons. The summed E-state index contributed by atoms with van der Waals surface area (Å²) in [6.45, 7) is 0. The number of rotatable bonds is 2. The number of piperidine rings is 1. The lowest BCUT2D eigenvalue weighted by Gasteiger charge is -2.41. The molecule has 2 saturated heterocycles. The van der Waals surface area contributed by atoms with Gasteiger partial charge in [0.15, 0.2) is 0 Å². The molecule has 0 amide bonds. The summed E-state index contributed by atoms with van der Waals surface area (Å²) in [5, 5.41) is 12.2. The summed E-state index contributed by atoms with van der Waals surface area (Å²) in [6.07, 6.45) is 3.11. The molecule has 2 fully saturated rings. The van der Waals surface area contributed by atoms with Gasteiger partial charge in [0.1, 0.15) is 0 Å². The fourth-order valence-corrected chi connectivity index (χ4v) is 4.58. The molecule has 2 aromatic carbocycles. The monoisotopic (exact) mass is 295 g/mol. The maximum Gasteiger partial charge on any atom is 0.308 e. The van der Waals surface area contributed by atoms with Crippen LogP contribution in [0.15, 0.2) is 42.5 Å². The highest BCUT2D eigenvalue weighted by molar-refractivity contribution is 5.83. The predicted octanol–water partition coefficient (Wildman–Crippen LogP) is 3.49. The fourth-order valence-electron chi connectivity index (χ4n) is 4.58. The standard InChI is InChI=1S/C19H21NO2/c1-20-15-8-9-17(20)18(19(21)22)16(11-15)14-7-6-12-4-2-3-5-13(12)10-14/h2-7,10,15-18H,8-9,11H2,1H3,(H,21,22)/t15-,16+,17+,18+/m0/s1. The predicted molar refractivity (Wildman–Crippen MR) is 87.0 cm³/mol. The van der Waals surface area contributed by atoms with Crippen molar-refractivity contribution in [3.05, 3.63) is 48.0 Å². The first-order valence-corrected chi connectivity index (χ1v) is 8.08. The topological polar surface area (TPSA) is 40.5 Å². The second-order valence-corrected chi connectivity index (χ2v) is 6.78. The molecule has 0 saturated carbocycles. The zero-order chi connectivity index (χ0) is 15.3. The first kappa shape index (κ1) is 13.8. The van der Waals surface area contributed by atoms with Crippen molar-refractivity contribution in [1.82, 2.24) is 4.90 Å². The number of benzene rings is 2. The van der Waals surface area contributed by atoms with Crippen LogP contribution in [0.3, 0.4) is 0 Å². The average molecular weight is 295 g/mol. The van der Waals surface area contributed by atoms with E-state index < -0.39 is 5.97 Å². The third-order valence-corrected chi connectivity index (χ3v) is 5.76. The molecule has 0 spiro atoms. The molecular formula is C19H21NO2. The fraction of sp³-hybridized carbons (Fsp3) is 0.421. The van der Waals surface area contributed by atoms with Crippen LogP contribution in [0, 0.1) is 5.92 Å². The average Bonchev–Trinajstić information content (AvgIpc) is 2.76. The van der Waals surface area contributed by atoms with Crippen molar-refractivity contribution in [2.24, 2.45) is 5.92 Å². The minimum absolute atomic E-state index is 0.135. The Morgan fingerprint density at radius 2 is 1.91 bits per heavy atom. The Morgan fingerprint density at radius 1 is 1.14 bits per heavy atom. The molecule has 2 aliphatic heterocycles.